The fourth-order valence-corrected chi connectivity index (χ4v) is 2.96. The van der Waals surface area contributed by atoms with E-state index in [1.54, 1.807) is 18.3 Å². The summed E-state index contributed by atoms with van der Waals surface area (Å²) in [6, 6.07) is 8.51. The zero-order valence-electron chi connectivity index (χ0n) is 16.8. The van der Waals surface area contributed by atoms with Gasteiger partial charge in [-0.05, 0) is 23.8 Å². The molecule has 8 nitrogen and oxygen atoms in total. The van der Waals surface area contributed by atoms with Gasteiger partial charge < -0.3 is 9.84 Å². The van der Waals surface area contributed by atoms with Crippen molar-refractivity contribution in [3.8, 4) is 17.3 Å². The van der Waals surface area contributed by atoms with Crippen LogP contribution < -0.4 is 5.32 Å². The number of alkyl halides is 3. The average molecular weight is 442 g/mol. The minimum atomic E-state index is -4.50. The Morgan fingerprint density at radius 3 is 2.66 bits per heavy atom. The lowest BCUT2D eigenvalue weighted by molar-refractivity contribution is -0.138. The Balaban J connectivity index is 1.44. The lowest BCUT2D eigenvalue weighted by Crippen LogP contribution is -2.24. The number of pyridine rings is 1. The van der Waals surface area contributed by atoms with E-state index in [1.165, 1.54) is 35.3 Å². The summed E-state index contributed by atoms with van der Waals surface area (Å²) in [4.78, 5) is 24.9. The molecule has 0 bridgehead atoms. The molecule has 1 amide bonds. The van der Waals surface area contributed by atoms with E-state index in [9.17, 15) is 18.0 Å². The quantitative estimate of drug-likeness (QED) is 0.487. The average Bonchev–Trinajstić information content (AvgIpc) is 3.47. The number of nitrogens with zero attached hydrogens (tertiary/aromatic N) is 5. The summed E-state index contributed by atoms with van der Waals surface area (Å²) in [6.45, 7) is 1.64. The van der Waals surface area contributed by atoms with Crippen LogP contribution in [0.5, 0.6) is 0 Å². The van der Waals surface area contributed by atoms with E-state index < -0.39 is 17.6 Å². The molecule has 11 heteroatoms. The van der Waals surface area contributed by atoms with Gasteiger partial charge in [0.1, 0.15) is 17.8 Å². The molecule has 0 aliphatic carbocycles. The Kier molecular flexibility index (Phi) is 5.71. The molecular weight excluding hydrogens is 425 g/mol. The highest BCUT2D eigenvalue weighted by atomic mass is 19.4. The van der Waals surface area contributed by atoms with Crippen LogP contribution in [0.1, 0.15) is 34.4 Å². The normalized spacial score (nSPS) is 11.5. The number of aromatic nitrogens is 5. The summed E-state index contributed by atoms with van der Waals surface area (Å²) >= 11 is 0. The van der Waals surface area contributed by atoms with Crippen LogP contribution in [-0.4, -0.2) is 30.6 Å². The Hall–Kier alpha value is -4.02. The molecule has 3 heterocycles. The minimum absolute atomic E-state index is 0.0303. The van der Waals surface area contributed by atoms with Crippen LogP contribution in [0.3, 0.4) is 0 Å². The van der Waals surface area contributed by atoms with Gasteiger partial charge in [-0.25, -0.2) is 9.97 Å². The smallest absolute Gasteiger partial charge is 0.347 e. The first kappa shape index (κ1) is 21.2. The molecule has 164 valence electrons. The van der Waals surface area contributed by atoms with Crippen molar-refractivity contribution in [3.63, 3.8) is 0 Å². The topological polar surface area (TPSA) is 98.7 Å². The summed E-state index contributed by atoms with van der Waals surface area (Å²) in [5, 5.41) is 6.30. The number of hydrogen-bond acceptors (Lipinski definition) is 6. The summed E-state index contributed by atoms with van der Waals surface area (Å²) in [7, 11) is 0. The summed E-state index contributed by atoms with van der Waals surface area (Å²) in [5.74, 6) is 0.825. The van der Waals surface area contributed by atoms with Gasteiger partial charge in [0.25, 0.3) is 11.8 Å². The van der Waals surface area contributed by atoms with Crippen LogP contribution in [-0.2, 0) is 19.1 Å². The Morgan fingerprint density at radius 1 is 1.16 bits per heavy atom. The van der Waals surface area contributed by atoms with Crippen molar-refractivity contribution in [2.45, 2.75) is 26.1 Å². The van der Waals surface area contributed by atoms with Gasteiger partial charge >= 0.3 is 6.18 Å². The van der Waals surface area contributed by atoms with E-state index in [0.717, 1.165) is 6.07 Å². The predicted octanol–water partition coefficient (Wildman–Crippen LogP) is 3.83. The van der Waals surface area contributed by atoms with E-state index in [1.807, 2.05) is 6.92 Å². The molecule has 0 spiro atoms. The first-order valence-corrected chi connectivity index (χ1v) is 9.62. The van der Waals surface area contributed by atoms with Crippen LogP contribution in [0, 0.1) is 0 Å². The maximum atomic E-state index is 13.1. The first-order chi connectivity index (χ1) is 15.3. The second-order valence-corrected chi connectivity index (χ2v) is 6.78. The molecule has 1 aromatic carbocycles. The standard InChI is InChI=1S/C21H17F3N6O2/c1-2-17-28-20(32-29-17)14-7-8-18(25-10-14)30-11-16(27-12-30)19(31)26-9-13-5-3-4-6-15(13)21(22,23)24/h3-8,10-12H,2,9H2,1H3,(H,26,31). The van der Waals surface area contributed by atoms with Crippen LogP contribution >= 0.6 is 0 Å². The lowest BCUT2D eigenvalue weighted by atomic mass is 10.1. The number of benzene rings is 1. The molecule has 0 unspecified atom stereocenters. The van der Waals surface area contributed by atoms with Gasteiger partial charge in [-0.1, -0.05) is 30.3 Å². The number of imidazole rings is 1. The molecule has 0 fully saturated rings. The molecule has 3 aromatic heterocycles. The Morgan fingerprint density at radius 2 is 1.97 bits per heavy atom. The zero-order valence-corrected chi connectivity index (χ0v) is 16.8. The largest absolute Gasteiger partial charge is 0.416 e. The molecule has 4 rings (SSSR count). The third-order valence-corrected chi connectivity index (χ3v) is 4.62. The fraction of sp³-hybridized carbons (Fsp3) is 0.190. The maximum Gasteiger partial charge on any atom is 0.416 e. The maximum absolute atomic E-state index is 13.1. The van der Waals surface area contributed by atoms with E-state index in [2.05, 4.69) is 25.4 Å². The van der Waals surface area contributed by atoms with Gasteiger partial charge in [-0.15, -0.1) is 0 Å². The zero-order chi connectivity index (χ0) is 22.7. The highest BCUT2D eigenvalue weighted by Gasteiger charge is 2.32. The fourth-order valence-electron chi connectivity index (χ4n) is 2.96. The van der Waals surface area contributed by atoms with Crippen LogP contribution in [0.15, 0.2) is 59.6 Å². The SMILES string of the molecule is CCc1noc(-c2ccc(-n3cnc(C(=O)NCc4ccccc4C(F)(F)F)c3)nc2)n1. The number of halogens is 3. The van der Waals surface area contributed by atoms with Crippen molar-refractivity contribution in [2.75, 3.05) is 0 Å². The highest BCUT2D eigenvalue weighted by molar-refractivity contribution is 5.92. The van der Waals surface area contributed by atoms with E-state index in [-0.39, 0.29) is 17.8 Å². The molecule has 1 N–H and O–H groups in total. The third kappa shape index (κ3) is 4.51. The minimum Gasteiger partial charge on any atom is -0.347 e. The molecule has 0 saturated heterocycles. The molecular formula is C21H17F3N6O2. The molecule has 0 radical (unpaired) electrons. The van der Waals surface area contributed by atoms with Crippen LogP contribution in [0.4, 0.5) is 13.2 Å². The molecule has 0 aliphatic rings. The third-order valence-electron chi connectivity index (χ3n) is 4.62. The number of aryl methyl sites for hydroxylation is 1. The van der Waals surface area contributed by atoms with Crippen molar-refractivity contribution in [1.29, 1.82) is 0 Å². The number of hydrogen-bond donors (Lipinski definition) is 1. The van der Waals surface area contributed by atoms with Crippen molar-refractivity contribution in [3.05, 3.63) is 77.8 Å². The molecule has 4 aromatic rings. The predicted molar refractivity (Wildman–Crippen MR) is 107 cm³/mol. The number of amides is 1. The summed E-state index contributed by atoms with van der Waals surface area (Å²) in [5.41, 5.74) is -0.132. The van der Waals surface area contributed by atoms with Gasteiger partial charge in [0.2, 0.25) is 0 Å². The Bertz CT molecular complexity index is 1230. The second-order valence-electron chi connectivity index (χ2n) is 6.78. The van der Waals surface area contributed by atoms with Crippen molar-refractivity contribution in [1.82, 2.24) is 30.0 Å². The van der Waals surface area contributed by atoms with Gasteiger partial charge in [-0.2, -0.15) is 18.2 Å². The highest BCUT2D eigenvalue weighted by Crippen LogP contribution is 2.31. The summed E-state index contributed by atoms with van der Waals surface area (Å²) in [6.07, 6.45) is 0.532. The van der Waals surface area contributed by atoms with Crippen molar-refractivity contribution in [2.24, 2.45) is 0 Å². The molecule has 0 saturated carbocycles. The Labute approximate surface area is 180 Å². The first-order valence-electron chi connectivity index (χ1n) is 9.62. The molecule has 0 atom stereocenters. The van der Waals surface area contributed by atoms with Crippen LogP contribution in [0.25, 0.3) is 17.3 Å². The molecule has 32 heavy (non-hydrogen) atoms. The van der Waals surface area contributed by atoms with Crippen molar-refractivity contribution < 1.29 is 22.5 Å². The van der Waals surface area contributed by atoms with E-state index in [0.29, 0.717) is 29.5 Å². The van der Waals surface area contributed by atoms with Gasteiger partial charge in [0.05, 0.1) is 11.1 Å². The second kappa shape index (κ2) is 8.61. The van der Waals surface area contributed by atoms with Crippen LogP contribution in [0.2, 0.25) is 0 Å². The van der Waals surface area contributed by atoms with E-state index >= 15 is 0 Å². The molecule has 0 aliphatic heterocycles. The van der Waals surface area contributed by atoms with Gasteiger partial charge in [0, 0.05) is 25.4 Å². The van der Waals surface area contributed by atoms with E-state index in [4.69, 9.17) is 4.52 Å². The van der Waals surface area contributed by atoms with Crippen molar-refractivity contribution >= 4 is 5.91 Å². The number of carbonyl (C=O) groups is 1. The van der Waals surface area contributed by atoms with Gasteiger partial charge in [-0.3, -0.25) is 9.36 Å². The summed E-state index contributed by atoms with van der Waals surface area (Å²) < 4.78 is 46.0. The lowest BCUT2D eigenvalue weighted by Gasteiger charge is -2.12. The number of rotatable bonds is 6. The number of carbonyl (C=O) groups excluding carboxylic acids is 1. The monoisotopic (exact) mass is 442 g/mol. The number of nitrogens with one attached hydrogen (secondary N) is 1. The van der Waals surface area contributed by atoms with Gasteiger partial charge in [0.15, 0.2) is 5.82 Å².